The van der Waals surface area contributed by atoms with E-state index in [9.17, 15) is 9.50 Å². The number of hydrogen-bond acceptors (Lipinski definition) is 7. The number of methoxy groups -OCH3 is 1. The van der Waals surface area contributed by atoms with Gasteiger partial charge in [0.2, 0.25) is 5.72 Å². The predicted octanol–water partition coefficient (Wildman–Crippen LogP) is 4.02. The highest BCUT2D eigenvalue weighted by Crippen LogP contribution is 2.40. The van der Waals surface area contributed by atoms with Gasteiger partial charge in [-0.2, -0.15) is 0 Å². The minimum absolute atomic E-state index is 0.348. The summed E-state index contributed by atoms with van der Waals surface area (Å²) >= 11 is 0. The third kappa shape index (κ3) is 4.27. The number of aliphatic hydroxyl groups excluding tert-OH is 1. The standard InChI is InChI=1S/C26H28FN5O3/c1-18-15-31(17-29-18)23-7-3-5-19(12-24(23)34-2)11-20-6-4-10-32-25(20)30-35-26(32,16-33)21-8-9-28-14-22(27)13-21/h3,5,8-9,11-15,17,21,33H,4,6-7,10,16H2,1-2H3/b20-11+. The summed E-state index contributed by atoms with van der Waals surface area (Å²) in [5.41, 5.74) is 2.67. The molecule has 2 unspecified atom stereocenters. The second kappa shape index (κ2) is 9.50. The summed E-state index contributed by atoms with van der Waals surface area (Å²) in [4.78, 5) is 16.0. The largest absolute Gasteiger partial charge is 0.495 e. The van der Waals surface area contributed by atoms with E-state index in [-0.39, 0.29) is 6.61 Å². The molecule has 1 aromatic rings. The number of ether oxygens (including phenoxy) is 1. The molecule has 0 radical (unpaired) electrons. The van der Waals surface area contributed by atoms with E-state index < -0.39 is 17.5 Å². The van der Waals surface area contributed by atoms with E-state index in [4.69, 9.17) is 9.57 Å². The number of hydrogen-bond donors (Lipinski definition) is 1. The number of aryl methyl sites for hydroxylation is 1. The zero-order valence-corrected chi connectivity index (χ0v) is 19.8. The molecule has 1 aliphatic carbocycles. The third-order valence-corrected chi connectivity index (χ3v) is 6.57. The number of piperidine rings is 1. The number of halogens is 1. The summed E-state index contributed by atoms with van der Waals surface area (Å²) in [5.74, 6) is 0.376. The molecule has 1 aromatic heterocycles. The van der Waals surface area contributed by atoms with E-state index in [0.717, 1.165) is 47.4 Å². The highest BCUT2D eigenvalue weighted by Gasteiger charge is 2.52. The minimum Gasteiger partial charge on any atom is -0.495 e. The van der Waals surface area contributed by atoms with Gasteiger partial charge in [0, 0.05) is 25.4 Å². The Morgan fingerprint density at radius 1 is 1.40 bits per heavy atom. The molecule has 4 aliphatic rings. The van der Waals surface area contributed by atoms with E-state index in [1.807, 2.05) is 28.7 Å². The van der Waals surface area contributed by atoms with E-state index in [2.05, 4.69) is 33.4 Å². The van der Waals surface area contributed by atoms with Crippen LogP contribution in [-0.2, 0) is 9.57 Å². The summed E-state index contributed by atoms with van der Waals surface area (Å²) in [6.07, 6.45) is 20.1. The highest BCUT2D eigenvalue weighted by molar-refractivity contribution is 6.00. The first-order valence-electron chi connectivity index (χ1n) is 11.6. The predicted molar refractivity (Wildman–Crippen MR) is 132 cm³/mol. The first-order chi connectivity index (χ1) is 17.0. The van der Waals surface area contributed by atoms with Gasteiger partial charge in [0.25, 0.3) is 0 Å². The van der Waals surface area contributed by atoms with Gasteiger partial charge in [-0.1, -0.05) is 23.4 Å². The van der Waals surface area contributed by atoms with Gasteiger partial charge in [0.15, 0.2) is 5.84 Å². The van der Waals surface area contributed by atoms with Gasteiger partial charge in [-0.25, -0.2) is 9.37 Å². The summed E-state index contributed by atoms with van der Waals surface area (Å²) in [6, 6.07) is 0. The van der Waals surface area contributed by atoms with Crippen molar-refractivity contribution in [3.63, 3.8) is 0 Å². The Morgan fingerprint density at radius 2 is 2.29 bits per heavy atom. The Hall–Kier alpha value is -3.72. The van der Waals surface area contributed by atoms with Crippen LogP contribution < -0.4 is 0 Å². The van der Waals surface area contributed by atoms with Crippen LogP contribution in [0.5, 0.6) is 0 Å². The van der Waals surface area contributed by atoms with Crippen LogP contribution in [0.2, 0.25) is 0 Å². The fraction of sp³-hybridized carbons (Fsp3) is 0.346. The molecule has 9 heteroatoms. The van der Waals surface area contributed by atoms with E-state index >= 15 is 0 Å². The lowest BCUT2D eigenvalue weighted by Crippen LogP contribution is -2.57. The highest BCUT2D eigenvalue weighted by atomic mass is 19.1. The number of aromatic nitrogens is 2. The van der Waals surface area contributed by atoms with Crippen molar-refractivity contribution in [1.29, 1.82) is 0 Å². The summed E-state index contributed by atoms with van der Waals surface area (Å²) in [7, 11) is 1.66. The maximum absolute atomic E-state index is 14.2. The lowest BCUT2D eigenvalue weighted by atomic mass is 9.90. The lowest BCUT2D eigenvalue weighted by Gasteiger charge is -2.41. The monoisotopic (exact) mass is 477 g/mol. The molecule has 0 aromatic carbocycles. The van der Waals surface area contributed by atoms with Crippen LogP contribution in [0.25, 0.3) is 5.70 Å². The van der Waals surface area contributed by atoms with Gasteiger partial charge in [-0.05, 0) is 49.1 Å². The molecular formula is C26H28FN5O3. The molecule has 3 aliphatic heterocycles. The van der Waals surface area contributed by atoms with Crippen molar-refractivity contribution in [3.8, 4) is 0 Å². The Labute approximate surface area is 203 Å². The van der Waals surface area contributed by atoms with Crippen LogP contribution in [0, 0.1) is 12.8 Å². The topological polar surface area (TPSA) is 84.5 Å². The van der Waals surface area contributed by atoms with Crippen molar-refractivity contribution in [2.45, 2.75) is 31.9 Å². The summed E-state index contributed by atoms with van der Waals surface area (Å²) in [6.45, 7) is 2.24. The first kappa shape index (κ1) is 23.0. The van der Waals surface area contributed by atoms with Crippen molar-refractivity contribution in [2.75, 3.05) is 20.3 Å². The molecule has 1 fully saturated rings. The quantitative estimate of drug-likeness (QED) is 0.693. The van der Waals surface area contributed by atoms with Crippen molar-refractivity contribution in [3.05, 3.63) is 83.6 Å². The zero-order chi connectivity index (χ0) is 24.4. The molecule has 0 bridgehead atoms. The number of amidine groups is 1. The van der Waals surface area contributed by atoms with E-state index in [0.29, 0.717) is 18.8 Å². The normalized spacial score (nSPS) is 27.2. The Balaban J connectivity index is 1.47. The molecule has 35 heavy (non-hydrogen) atoms. The van der Waals surface area contributed by atoms with E-state index in [1.54, 1.807) is 19.5 Å². The molecular weight excluding hydrogens is 449 g/mol. The average Bonchev–Trinajstić information content (AvgIpc) is 3.31. The molecule has 1 saturated heterocycles. The Kier molecular flexibility index (Phi) is 6.25. The van der Waals surface area contributed by atoms with Gasteiger partial charge in [0.05, 0.1) is 37.0 Å². The van der Waals surface area contributed by atoms with Crippen LogP contribution in [0.3, 0.4) is 0 Å². The van der Waals surface area contributed by atoms with E-state index in [1.165, 1.54) is 12.3 Å². The number of imidazole rings is 1. The van der Waals surface area contributed by atoms with Crippen LogP contribution >= 0.6 is 0 Å². The number of oxime groups is 1. The molecule has 5 rings (SSSR count). The van der Waals surface area contributed by atoms with Gasteiger partial charge in [0.1, 0.15) is 18.2 Å². The van der Waals surface area contributed by atoms with Gasteiger partial charge in [-0.15, -0.1) is 0 Å². The van der Waals surface area contributed by atoms with Gasteiger partial charge in [-0.3, -0.25) is 4.99 Å². The fourth-order valence-corrected chi connectivity index (χ4v) is 4.83. The van der Waals surface area contributed by atoms with Crippen LogP contribution in [-0.4, -0.2) is 57.6 Å². The maximum atomic E-state index is 14.2. The smallest absolute Gasteiger partial charge is 0.244 e. The second-order valence-electron chi connectivity index (χ2n) is 8.82. The zero-order valence-electron chi connectivity index (χ0n) is 19.8. The molecule has 0 amide bonds. The number of allylic oxidation sites excluding steroid dienone is 7. The Morgan fingerprint density at radius 3 is 3.06 bits per heavy atom. The average molecular weight is 478 g/mol. The fourth-order valence-electron chi connectivity index (χ4n) is 4.83. The third-order valence-electron chi connectivity index (χ3n) is 6.57. The number of nitrogens with zero attached hydrogens (tertiary/aromatic N) is 5. The number of aliphatic imine (C=N–C) groups is 1. The molecule has 182 valence electrons. The maximum Gasteiger partial charge on any atom is 0.244 e. The first-order valence-corrected chi connectivity index (χ1v) is 11.6. The molecule has 0 saturated carbocycles. The molecule has 2 atom stereocenters. The number of rotatable bonds is 5. The van der Waals surface area contributed by atoms with Crippen molar-refractivity contribution >= 4 is 17.7 Å². The van der Waals surface area contributed by atoms with Crippen LogP contribution in [0.1, 0.15) is 25.0 Å². The number of fused-ring (bicyclic) bond motifs is 1. The van der Waals surface area contributed by atoms with Crippen molar-refractivity contribution < 1.29 is 19.1 Å². The minimum atomic E-state index is -1.21. The molecule has 8 nitrogen and oxygen atoms in total. The SMILES string of the molecule is COC1=C(n2cnc(C)c2)CC=CC(/C=C2\CCCN3C2=NOC3(CO)C2C=CN=CC(F)=C2)=C1. The van der Waals surface area contributed by atoms with Crippen molar-refractivity contribution in [2.24, 2.45) is 16.1 Å². The van der Waals surface area contributed by atoms with Gasteiger partial charge >= 0.3 is 0 Å². The second-order valence-corrected chi connectivity index (χ2v) is 8.82. The number of aliphatic hydroxyl groups is 1. The van der Waals surface area contributed by atoms with Crippen LogP contribution in [0.4, 0.5) is 4.39 Å². The van der Waals surface area contributed by atoms with Crippen molar-refractivity contribution in [1.82, 2.24) is 14.5 Å². The van der Waals surface area contributed by atoms with Gasteiger partial charge < -0.3 is 24.1 Å². The molecule has 4 heterocycles. The summed E-state index contributed by atoms with van der Waals surface area (Å²) in [5, 5.41) is 14.8. The molecule has 1 N–H and O–H groups in total. The van der Waals surface area contributed by atoms with Crippen LogP contribution in [0.15, 0.2) is 88.1 Å². The Bertz CT molecular complexity index is 1250. The molecule has 0 spiro atoms. The lowest BCUT2D eigenvalue weighted by molar-refractivity contribution is -0.146. The summed E-state index contributed by atoms with van der Waals surface area (Å²) < 4.78 is 21.9.